The number of carboxylic acids is 1. The number of amides is 1. The van der Waals surface area contributed by atoms with Gasteiger partial charge in [-0.3, -0.25) is 0 Å². The molecule has 0 aromatic heterocycles. The van der Waals surface area contributed by atoms with Crippen molar-refractivity contribution in [3.63, 3.8) is 0 Å². The number of carbonyl (C=O) groups excluding carboxylic acids is 2. The molecule has 0 saturated heterocycles. The summed E-state index contributed by atoms with van der Waals surface area (Å²) >= 11 is 0. The zero-order valence-electron chi connectivity index (χ0n) is 13.7. The lowest BCUT2D eigenvalue weighted by atomic mass is 10.1. The van der Waals surface area contributed by atoms with E-state index in [1.807, 2.05) is 0 Å². The van der Waals surface area contributed by atoms with Gasteiger partial charge in [-0.25, -0.2) is 18.8 Å². The van der Waals surface area contributed by atoms with Crippen LogP contribution in [0.5, 0.6) is 0 Å². The fourth-order valence-corrected chi connectivity index (χ4v) is 1.34. The zero-order valence-corrected chi connectivity index (χ0v) is 13.7. The number of carboxylic acid groups (broad SMARTS) is 1. The number of carbonyl (C=O) groups is 3. The number of aliphatic carboxylic acids is 1. The molecule has 0 aliphatic rings. The molecule has 22 heavy (non-hydrogen) atoms. The number of hydrogen-bond donors (Lipinski definition) is 2. The maximum absolute atomic E-state index is 13.4. The number of nitrogens with one attached hydrogen (secondary N) is 1. The van der Waals surface area contributed by atoms with Crippen LogP contribution < -0.4 is 5.32 Å². The van der Waals surface area contributed by atoms with Gasteiger partial charge in [0, 0.05) is 6.42 Å². The van der Waals surface area contributed by atoms with Crippen LogP contribution in [-0.2, 0) is 19.1 Å². The molecule has 1 amide bonds. The molecule has 0 aromatic rings. The van der Waals surface area contributed by atoms with Crippen molar-refractivity contribution in [2.24, 2.45) is 0 Å². The molecule has 0 saturated carbocycles. The first-order valence-electron chi connectivity index (χ1n) is 6.80. The normalized spacial score (nSPS) is 14.7. The summed E-state index contributed by atoms with van der Waals surface area (Å²) in [6.07, 6.45) is -4.02. The molecule has 0 fully saturated rings. The average Bonchev–Trinajstić information content (AvgIpc) is 2.22. The van der Waals surface area contributed by atoms with E-state index in [4.69, 9.17) is 14.6 Å². The highest BCUT2D eigenvalue weighted by atomic mass is 19.1. The summed E-state index contributed by atoms with van der Waals surface area (Å²) in [4.78, 5) is 34.2. The molecule has 128 valence electrons. The molecular weight excluding hydrogens is 297 g/mol. The van der Waals surface area contributed by atoms with Crippen LogP contribution in [0.1, 0.15) is 48.0 Å². The number of halogens is 1. The second kappa shape index (κ2) is 7.42. The number of alkyl halides is 1. The number of rotatable bonds is 5. The molecule has 0 rings (SSSR count). The Hall–Kier alpha value is -1.86. The Morgan fingerprint density at radius 2 is 1.50 bits per heavy atom. The lowest BCUT2D eigenvalue weighted by molar-refractivity contribution is -0.158. The molecule has 0 spiro atoms. The topological polar surface area (TPSA) is 102 Å². The Morgan fingerprint density at radius 1 is 1.05 bits per heavy atom. The van der Waals surface area contributed by atoms with Gasteiger partial charge in [0.05, 0.1) is 0 Å². The third-order valence-electron chi connectivity index (χ3n) is 2.09. The van der Waals surface area contributed by atoms with Crippen LogP contribution >= 0.6 is 0 Å². The van der Waals surface area contributed by atoms with Crippen LogP contribution in [-0.4, -0.2) is 46.6 Å². The number of hydrogen-bond acceptors (Lipinski definition) is 5. The highest BCUT2D eigenvalue weighted by Gasteiger charge is 2.33. The molecule has 0 unspecified atom stereocenters. The standard InChI is InChI=1S/C14H24FNO6/c1-13(2,3)21-11(19)9(7-8(15)10(17)18)16-12(20)22-14(4,5)6/h8-9H,7H2,1-6H3,(H,16,20)(H,17,18)/t8-,9-/m0/s1. The number of alkyl carbamates (subject to hydrolysis) is 1. The minimum atomic E-state index is -2.31. The first kappa shape index (κ1) is 20.1. The van der Waals surface area contributed by atoms with Crippen LogP contribution in [0.25, 0.3) is 0 Å². The van der Waals surface area contributed by atoms with Gasteiger partial charge in [-0.05, 0) is 41.5 Å². The van der Waals surface area contributed by atoms with E-state index in [-0.39, 0.29) is 0 Å². The van der Waals surface area contributed by atoms with Crippen molar-refractivity contribution >= 4 is 18.0 Å². The van der Waals surface area contributed by atoms with Crippen LogP contribution in [0.3, 0.4) is 0 Å². The van der Waals surface area contributed by atoms with Gasteiger partial charge in [-0.1, -0.05) is 0 Å². The van der Waals surface area contributed by atoms with Gasteiger partial charge in [-0.15, -0.1) is 0 Å². The van der Waals surface area contributed by atoms with E-state index in [2.05, 4.69) is 5.32 Å². The van der Waals surface area contributed by atoms with Crippen LogP contribution in [0.2, 0.25) is 0 Å². The molecule has 0 aliphatic heterocycles. The summed E-state index contributed by atoms with van der Waals surface area (Å²) in [5.74, 6) is -2.65. The van der Waals surface area contributed by atoms with E-state index < -0.39 is 47.9 Å². The summed E-state index contributed by atoms with van der Waals surface area (Å²) in [6.45, 7) is 9.64. The van der Waals surface area contributed by atoms with E-state index in [1.54, 1.807) is 41.5 Å². The van der Waals surface area contributed by atoms with Crippen molar-refractivity contribution in [1.82, 2.24) is 5.32 Å². The van der Waals surface area contributed by atoms with Crippen LogP contribution in [0.4, 0.5) is 9.18 Å². The largest absolute Gasteiger partial charge is 0.479 e. The van der Waals surface area contributed by atoms with Gasteiger partial charge in [0.15, 0.2) is 6.17 Å². The smallest absolute Gasteiger partial charge is 0.408 e. The van der Waals surface area contributed by atoms with E-state index >= 15 is 0 Å². The van der Waals surface area contributed by atoms with Gasteiger partial charge < -0.3 is 19.9 Å². The van der Waals surface area contributed by atoms with Crippen molar-refractivity contribution in [3.05, 3.63) is 0 Å². The molecule has 0 aliphatic carbocycles. The minimum Gasteiger partial charge on any atom is -0.479 e. The van der Waals surface area contributed by atoms with Crippen LogP contribution in [0.15, 0.2) is 0 Å². The van der Waals surface area contributed by atoms with E-state index in [9.17, 15) is 18.8 Å². The average molecular weight is 321 g/mol. The van der Waals surface area contributed by atoms with Crippen molar-refractivity contribution < 1.29 is 33.4 Å². The van der Waals surface area contributed by atoms with Crippen molar-refractivity contribution in [1.29, 1.82) is 0 Å². The molecule has 8 heteroatoms. The summed E-state index contributed by atoms with van der Waals surface area (Å²) < 4.78 is 23.4. The van der Waals surface area contributed by atoms with E-state index in [1.165, 1.54) is 0 Å². The summed E-state index contributed by atoms with van der Waals surface area (Å²) in [5, 5.41) is 10.7. The highest BCUT2D eigenvalue weighted by molar-refractivity contribution is 5.83. The highest BCUT2D eigenvalue weighted by Crippen LogP contribution is 2.13. The monoisotopic (exact) mass is 321 g/mol. The molecule has 2 atom stereocenters. The van der Waals surface area contributed by atoms with Crippen LogP contribution in [0, 0.1) is 0 Å². The van der Waals surface area contributed by atoms with Crippen molar-refractivity contribution in [2.45, 2.75) is 71.4 Å². The van der Waals surface area contributed by atoms with Crippen molar-refractivity contribution in [2.75, 3.05) is 0 Å². The minimum absolute atomic E-state index is 0.747. The maximum atomic E-state index is 13.4. The second-order valence-corrected chi connectivity index (χ2v) is 6.77. The SMILES string of the molecule is CC(C)(C)OC(=O)N[C@@H](C[C@H](F)C(=O)O)C(=O)OC(C)(C)C. The van der Waals surface area contributed by atoms with Gasteiger partial charge >= 0.3 is 18.0 Å². The summed E-state index contributed by atoms with van der Waals surface area (Å²) in [6, 6.07) is -1.46. The van der Waals surface area contributed by atoms with E-state index in [0.717, 1.165) is 0 Å². The lowest BCUT2D eigenvalue weighted by Crippen LogP contribution is -2.47. The van der Waals surface area contributed by atoms with Gasteiger partial charge in [0.25, 0.3) is 0 Å². The third kappa shape index (κ3) is 9.15. The molecule has 0 aromatic carbocycles. The van der Waals surface area contributed by atoms with Gasteiger partial charge in [-0.2, -0.15) is 0 Å². The first-order valence-corrected chi connectivity index (χ1v) is 6.80. The number of esters is 1. The summed E-state index contributed by atoms with van der Waals surface area (Å²) in [5.41, 5.74) is -1.68. The predicted octanol–water partition coefficient (Wildman–Crippen LogP) is 2.03. The molecule has 0 heterocycles. The fourth-order valence-electron chi connectivity index (χ4n) is 1.34. The van der Waals surface area contributed by atoms with E-state index in [0.29, 0.717) is 0 Å². The number of ether oxygens (including phenoxy) is 2. The molecule has 2 N–H and O–H groups in total. The molecule has 7 nitrogen and oxygen atoms in total. The second-order valence-electron chi connectivity index (χ2n) is 6.77. The quantitative estimate of drug-likeness (QED) is 0.751. The van der Waals surface area contributed by atoms with Crippen molar-refractivity contribution in [3.8, 4) is 0 Å². The molecular formula is C14H24FNO6. The Morgan fingerprint density at radius 3 is 1.86 bits per heavy atom. The molecule has 0 bridgehead atoms. The zero-order chi connectivity index (χ0) is 17.7. The lowest BCUT2D eigenvalue weighted by Gasteiger charge is -2.26. The predicted molar refractivity (Wildman–Crippen MR) is 76.2 cm³/mol. The van der Waals surface area contributed by atoms with Gasteiger partial charge in [0.2, 0.25) is 0 Å². The first-order chi connectivity index (χ1) is 9.71. The molecule has 0 radical (unpaired) electrons. The Kier molecular flexibility index (Phi) is 6.79. The summed E-state index contributed by atoms with van der Waals surface area (Å²) in [7, 11) is 0. The third-order valence-corrected chi connectivity index (χ3v) is 2.09. The Bertz CT molecular complexity index is 424. The maximum Gasteiger partial charge on any atom is 0.408 e. The Labute approximate surface area is 129 Å². The van der Waals surface area contributed by atoms with Gasteiger partial charge in [0.1, 0.15) is 17.2 Å². The fraction of sp³-hybridized carbons (Fsp3) is 0.786. The Balaban J connectivity index is 4.97.